The van der Waals surface area contributed by atoms with E-state index in [0.717, 1.165) is 46.9 Å². The average molecular weight is 392 g/mol. The quantitative estimate of drug-likeness (QED) is 0.441. The van der Waals surface area contributed by atoms with Crippen molar-refractivity contribution < 1.29 is 19.4 Å². The minimum absolute atomic E-state index is 0.367. The number of hydrogen-bond donors (Lipinski definition) is 1. The number of rotatable bonds is 10. The zero-order chi connectivity index (χ0) is 20.6. The number of carboxylic acid groups (broad SMARTS) is 1. The first-order chi connectivity index (χ1) is 14.1. The molecule has 0 saturated heterocycles. The molecule has 4 nitrogen and oxygen atoms in total. The Morgan fingerprint density at radius 3 is 2.45 bits per heavy atom. The van der Waals surface area contributed by atoms with Crippen molar-refractivity contribution in [3.63, 3.8) is 0 Å². The standard InChI is InChI=1S/C25H28O4/c1-3-4-7-16-29-24-15-12-18-8-5-6-9-21(18)23(24)17-22(25(26)27)19-10-13-20(28-2)14-11-19/h5-6,8-15,22H,3-4,7,16-17H2,1-2H3,(H,26,27). The Hall–Kier alpha value is -3.01. The van der Waals surface area contributed by atoms with E-state index < -0.39 is 11.9 Å². The minimum Gasteiger partial charge on any atom is -0.497 e. The highest BCUT2D eigenvalue weighted by atomic mass is 16.5. The average Bonchev–Trinajstić information content (AvgIpc) is 2.75. The molecule has 1 unspecified atom stereocenters. The van der Waals surface area contributed by atoms with Gasteiger partial charge in [0.25, 0.3) is 0 Å². The van der Waals surface area contributed by atoms with Gasteiger partial charge < -0.3 is 14.6 Å². The Morgan fingerprint density at radius 2 is 1.76 bits per heavy atom. The van der Waals surface area contributed by atoms with Gasteiger partial charge in [0, 0.05) is 5.56 Å². The van der Waals surface area contributed by atoms with E-state index in [9.17, 15) is 9.90 Å². The lowest BCUT2D eigenvalue weighted by Gasteiger charge is -2.19. The summed E-state index contributed by atoms with van der Waals surface area (Å²) in [5.41, 5.74) is 1.70. The lowest BCUT2D eigenvalue weighted by molar-refractivity contribution is -0.138. The summed E-state index contributed by atoms with van der Waals surface area (Å²) in [4.78, 5) is 12.1. The van der Waals surface area contributed by atoms with E-state index in [1.807, 2.05) is 48.5 Å². The Balaban J connectivity index is 1.96. The van der Waals surface area contributed by atoms with Crippen molar-refractivity contribution in [1.82, 2.24) is 0 Å². The first kappa shape index (κ1) is 20.7. The first-order valence-corrected chi connectivity index (χ1v) is 10.1. The second-order valence-corrected chi connectivity index (χ2v) is 7.19. The van der Waals surface area contributed by atoms with Crippen LogP contribution in [0.1, 0.15) is 43.2 Å². The fourth-order valence-electron chi connectivity index (χ4n) is 3.58. The van der Waals surface area contributed by atoms with Crippen LogP contribution in [-0.2, 0) is 11.2 Å². The smallest absolute Gasteiger partial charge is 0.311 e. The summed E-state index contributed by atoms with van der Waals surface area (Å²) in [6.45, 7) is 2.80. The number of fused-ring (bicyclic) bond motifs is 1. The Morgan fingerprint density at radius 1 is 1.00 bits per heavy atom. The summed E-state index contributed by atoms with van der Waals surface area (Å²) in [5, 5.41) is 12.1. The molecule has 1 atom stereocenters. The van der Waals surface area contributed by atoms with Crippen LogP contribution in [0.2, 0.25) is 0 Å². The monoisotopic (exact) mass is 392 g/mol. The molecular formula is C25H28O4. The Kier molecular flexibility index (Phi) is 7.12. The molecule has 0 aliphatic carbocycles. The zero-order valence-corrected chi connectivity index (χ0v) is 17.1. The third kappa shape index (κ3) is 5.08. The van der Waals surface area contributed by atoms with Gasteiger partial charge in [0.05, 0.1) is 19.6 Å². The summed E-state index contributed by atoms with van der Waals surface area (Å²) in [7, 11) is 1.60. The molecule has 3 aromatic rings. The van der Waals surface area contributed by atoms with Crippen molar-refractivity contribution in [2.45, 2.75) is 38.5 Å². The van der Waals surface area contributed by atoms with Gasteiger partial charge in [-0.25, -0.2) is 0 Å². The van der Waals surface area contributed by atoms with Gasteiger partial charge in [-0.15, -0.1) is 0 Å². The number of carboxylic acids is 1. The van der Waals surface area contributed by atoms with Gasteiger partial charge >= 0.3 is 5.97 Å². The topological polar surface area (TPSA) is 55.8 Å². The molecule has 29 heavy (non-hydrogen) atoms. The van der Waals surface area contributed by atoms with Crippen LogP contribution < -0.4 is 9.47 Å². The number of unbranched alkanes of at least 4 members (excludes halogenated alkanes) is 2. The molecule has 0 aliphatic heterocycles. The molecular weight excluding hydrogens is 364 g/mol. The van der Waals surface area contributed by atoms with Crippen LogP contribution in [0.3, 0.4) is 0 Å². The van der Waals surface area contributed by atoms with Crippen molar-refractivity contribution >= 4 is 16.7 Å². The molecule has 0 aliphatic rings. The van der Waals surface area contributed by atoms with Crippen molar-refractivity contribution in [2.24, 2.45) is 0 Å². The van der Waals surface area contributed by atoms with E-state index in [1.54, 1.807) is 19.2 Å². The molecule has 0 fully saturated rings. The van der Waals surface area contributed by atoms with E-state index in [1.165, 1.54) is 0 Å². The van der Waals surface area contributed by atoms with Gasteiger partial charge in [-0.3, -0.25) is 4.79 Å². The molecule has 0 bridgehead atoms. The molecule has 0 amide bonds. The molecule has 0 spiro atoms. The van der Waals surface area contributed by atoms with Gasteiger partial charge in [0.1, 0.15) is 11.5 Å². The van der Waals surface area contributed by atoms with Crippen molar-refractivity contribution in [2.75, 3.05) is 13.7 Å². The number of methoxy groups -OCH3 is 1. The second-order valence-electron chi connectivity index (χ2n) is 7.19. The van der Waals surface area contributed by atoms with Gasteiger partial charge in [-0.1, -0.05) is 62.2 Å². The fourth-order valence-corrected chi connectivity index (χ4v) is 3.58. The van der Waals surface area contributed by atoms with Crippen LogP contribution in [0.15, 0.2) is 60.7 Å². The predicted molar refractivity (Wildman–Crippen MR) is 116 cm³/mol. The van der Waals surface area contributed by atoms with E-state index in [2.05, 4.69) is 6.92 Å². The highest BCUT2D eigenvalue weighted by molar-refractivity contribution is 5.89. The van der Waals surface area contributed by atoms with Crippen molar-refractivity contribution in [1.29, 1.82) is 0 Å². The van der Waals surface area contributed by atoms with E-state index in [-0.39, 0.29) is 0 Å². The number of aliphatic carboxylic acids is 1. The van der Waals surface area contributed by atoms with Crippen molar-refractivity contribution in [3.8, 4) is 11.5 Å². The largest absolute Gasteiger partial charge is 0.497 e. The summed E-state index contributed by atoms with van der Waals surface area (Å²) in [6.07, 6.45) is 3.61. The van der Waals surface area contributed by atoms with E-state index in [0.29, 0.717) is 18.8 Å². The van der Waals surface area contributed by atoms with Gasteiger partial charge in [-0.2, -0.15) is 0 Å². The predicted octanol–water partition coefficient (Wildman–Crippen LogP) is 5.83. The normalized spacial score (nSPS) is 11.9. The minimum atomic E-state index is -0.847. The highest BCUT2D eigenvalue weighted by Crippen LogP contribution is 2.34. The molecule has 0 aromatic heterocycles. The molecule has 0 saturated carbocycles. The van der Waals surface area contributed by atoms with Crippen LogP contribution in [0.4, 0.5) is 0 Å². The van der Waals surface area contributed by atoms with Crippen LogP contribution in [0.5, 0.6) is 11.5 Å². The van der Waals surface area contributed by atoms with Crippen LogP contribution in [0, 0.1) is 0 Å². The van der Waals surface area contributed by atoms with Crippen LogP contribution >= 0.6 is 0 Å². The molecule has 4 heteroatoms. The van der Waals surface area contributed by atoms with Crippen molar-refractivity contribution in [3.05, 3.63) is 71.8 Å². The highest BCUT2D eigenvalue weighted by Gasteiger charge is 2.23. The molecule has 0 heterocycles. The summed E-state index contributed by atoms with van der Waals surface area (Å²) >= 11 is 0. The second kappa shape index (κ2) is 9.97. The number of carbonyl (C=O) groups is 1. The first-order valence-electron chi connectivity index (χ1n) is 10.1. The SMILES string of the molecule is CCCCCOc1ccc2ccccc2c1CC(C(=O)O)c1ccc(OC)cc1. The van der Waals surface area contributed by atoms with Gasteiger partial charge in [0.2, 0.25) is 0 Å². The number of benzene rings is 3. The summed E-state index contributed by atoms with van der Waals surface area (Å²) < 4.78 is 11.3. The number of hydrogen-bond acceptors (Lipinski definition) is 3. The lowest BCUT2D eigenvalue weighted by atomic mass is 9.89. The molecule has 3 aromatic carbocycles. The summed E-state index contributed by atoms with van der Waals surface area (Å²) in [6, 6.07) is 19.3. The van der Waals surface area contributed by atoms with Crippen LogP contribution in [-0.4, -0.2) is 24.8 Å². The fraction of sp³-hybridized carbons (Fsp3) is 0.320. The lowest BCUT2D eigenvalue weighted by Crippen LogP contribution is -2.15. The molecule has 1 N–H and O–H groups in total. The maximum Gasteiger partial charge on any atom is 0.311 e. The maximum atomic E-state index is 12.1. The Labute approximate surface area is 172 Å². The van der Waals surface area contributed by atoms with Crippen LogP contribution in [0.25, 0.3) is 10.8 Å². The van der Waals surface area contributed by atoms with Gasteiger partial charge in [0.15, 0.2) is 0 Å². The molecule has 3 rings (SSSR count). The summed E-state index contributed by atoms with van der Waals surface area (Å²) in [5.74, 6) is -0.0210. The number of ether oxygens (including phenoxy) is 2. The third-order valence-electron chi connectivity index (χ3n) is 5.23. The third-order valence-corrected chi connectivity index (χ3v) is 5.23. The van der Waals surface area contributed by atoms with E-state index in [4.69, 9.17) is 9.47 Å². The van der Waals surface area contributed by atoms with E-state index >= 15 is 0 Å². The molecule has 0 radical (unpaired) electrons. The Bertz CT molecular complexity index is 947. The molecule has 152 valence electrons. The zero-order valence-electron chi connectivity index (χ0n) is 17.1. The van der Waals surface area contributed by atoms with Gasteiger partial charge in [-0.05, 0) is 47.4 Å². The maximum absolute atomic E-state index is 12.1.